The summed E-state index contributed by atoms with van der Waals surface area (Å²) in [6.07, 6.45) is 1.70. The average molecular weight is 320 g/mol. The van der Waals surface area contributed by atoms with Crippen LogP contribution < -0.4 is 10.5 Å². The zero-order chi connectivity index (χ0) is 11.5. The van der Waals surface area contributed by atoms with Gasteiger partial charge in [0, 0.05) is 10.7 Å². The molecule has 0 saturated carbocycles. The second-order valence-electron chi connectivity index (χ2n) is 3.03. The number of hydrogen-bond donors (Lipinski definition) is 1. The molecule has 0 unspecified atom stereocenters. The SMILES string of the molecule is Nc1ncc(COc2ccc(Br)cc2Cl)s1. The molecule has 6 heteroatoms. The molecule has 84 valence electrons. The van der Waals surface area contributed by atoms with Gasteiger partial charge in [-0.2, -0.15) is 0 Å². The lowest BCUT2D eigenvalue weighted by Crippen LogP contribution is -1.93. The van der Waals surface area contributed by atoms with Crippen molar-refractivity contribution in [2.24, 2.45) is 0 Å². The molecule has 0 saturated heterocycles. The molecule has 2 N–H and O–H groups in total. The molecule has 3 nitrogen and oxygen atoms in total. The number of rotatable bonds is 3. The largest absolute Gasteiger partial charge is 0.486 e. The molecular formula is C10H8BrClN2OS. The average Bonchev–Trinajstić information content (AvgIpc) is 2.63. The highest BCUT2D eigenvalue weighted by molar-refractivity contribution is 9.10. The standard InChI is InChI=1S/C10H8BrClN2OS/c11-6-1-2-9(8(12)3-6)15-5-7-4-14-10(13)16-7/h1-4H,5H2,(H2,13,14). The molecule has 0 atom stereocenters. The van der Waals surface area contributed by atoms with Gasteiger partial charge in [-0.3, -0.25) is 0 Å². The highest BCUT2D eigenvalue weighted by atomic mass is 79.9. The summed E-state index contributed by atoms with van der Waals surface area (Å²) in [5, 5.41) is 1.12. The Kier molecular flexibility index (Phi) is 3.68. The molecule has 0 aliphatic heterocycles. The van der Waals surface area contributed by atoms with Crippen LogP contribution >= 0.6 is 38.9 Å². The third-order valence-electron chi connectivity index (χ3n) is 1.84. The first-order valence-electron chi connectivity index (χ1n) is 4.43. The maximum absolute atomic E-state index is 6.01. The number of aromatic nitrogens is 1. The molecule has 0 bridgehead atoms. The zero-order valence-corrected chi connectivity index (χ0v) is 11.3. The summed E-state index contributed by atoms with van der Waals surface area (Å²) in [6, 6.07) is 5.48. The van der Waals surface area contributed by atoms with E-state index in [1.807, 2.05) is 12.1 Å². The summed E-state index contributed by atoms with van der Waals surface area (Å²) < 4.78 is 6.48. The van der Waals surface area contributed by atoms with E-state index in [0.29, 0.717) is 22.5 Å². The predicted octanol–water partition coefficient (Wildman–Crippen LogP) is 3.72. The Hall–Kier alpha value is -0.780. The molecule has 16 heavy (non-hydrogen) atoms. The minimum Gasteiger partial charge on any atom is -0.486 e. The highest BCUT2D eigenvalue weighted by Gasteiger charge is 2.04. The first kappa shape index (κ1) is 11.7. The van der Waals surface area contributed by atoms with Crippen LogP contribution in [-0.2, 0) is 6.61 Å². The van der Waals surface area contributed by atoms with Gasteiger partial charge in [-0.1, -0.05) is 38.9 Å². The fraction of sp³-hybridized carbons (Fsp3) is 0.100. The fourth-order valence-electron chi connectivity index (χ4n) is 1.13. The van der Waals surface area contributed by atoms with Gasteiger partial charge in [0.05, 0.1) is 9.90 Å². The van der Waals surface area contributed by atoms with Crippen LogP contribution in [0.25, 0.3) is 0 Å². The summed E-state index contributed by atoms with van der Waals surface area (Å²) in [4.78, 5) is 4.91. The zero-order valence-electron chi connectivity index (χ0n) is 8.11. The normalized spacial score (nSPS) is 10.4. The molecular weight excluding hydrogens is 312 g/mol. The van der Waals surface area contributed by atoms with Gasteiger partial charge in [-0.25, -0.2) is 4.98 Å². The minimum absolute atomic E-state index is 0.427. The van der Waals surface area contributed by atoms with E-state index in [4.69, 9.17) is 22.1 Å². The predicted molar refractivity (Wildman–Crippen MR) is 70.0 cm³/mol. The number of nitrogens with zero attached hydrogens (tertiary/aromatic N) is 1. The second-order valence-corrected chi connectivity index (χ2v) is 5.50. The van der Waals surface area contributed by atoms with Gasteiger partial charge >= 0.3 is 0 Å². The molecule has 1 aromatic carbocycles. The van der Waals surface area contributed by atoms with E-state index in [9.17, 15) is 0 Å². The molecule has 0 spiro atoms. The number of nitrogen functional groups attached to an aromatic ring is 1. The van der Waals surface area contributed by atoms with Gasteiger partial charge in [0.15, 0.2) is 5.13 Å². The van der Waals surface area contributed by atoms with Crippen molar-refractivity contribution in [3.63, 3.8) is 0 Å². The first-order chi connectivity index (χ1) is 7.65. The Morgan fingerprint density at radius 2 is 2.31 bits per heavy atom. The lowest BCUT2D eigenvalue weighted by atomic mass is 10.3. The van der Waals surface area contributed by atoms with Crippen molar-refractivity contribution >= 4 is 44.0 Å². The van der Waals surface area contributed by atoms with E-state index in [2.05, 4.69) is 20.9 Å². The van der Waals surface area contributed by atoms with Crippen molar-refractivity contribution in [1.82, 2.24) is 4.98 Å². The Bertz CT molecular complexity index is 503. The first-order valence-corrected chi connectivity index (χ1v) is 6.42. The third kappa shape index (κ3) is 2.87. The van der Waals surface area contributed by atoms with E-state index >= 15 is 0 Å². The Labute approximate surface area is 110 Å². The number of anilines is 1. The summed E-state index contributed by atoms with van der Waals surface area (Å²) in [5.41, 5.74) is 5.52. The summed E-state index contributed by atoms with van der Waals surface area (Å²) in [7, 11) is 0. The molecule has 1 aromatic heterocycles. The van der Waals surface area contributed by atoms with E-state index in [0.717, 1.165) is 9.35 Å². The van der Waals surface area contributed by atoms with Crippen LogP contribution in [0, 0.1) is 0 Å². The van der Waals surface area contributed by atoms with Crippen LogP contribution in [0.2, 0.25) is 5.02 Å². The molecule has 0 radical (unpaired) electrons. The molecule has 2 aromatic rings. The van der Waals surface area contributed by atoms with E-state index in [1.54, 1.807) is 12.3 Å². The van der Waals surface area contributed by atoms with Gasteiger partial charge < -0.3 is 10.5 Å². The van der Waals surface area contributed by atoms with Crippen LogP contribution in [-0.4, -0.2) is 4.98 Å². The van der Waals surface area contributed by atoms with Crippen molar-refractivity contribution in [3.8, 4) is 5.75 Å². The second kappa shape index (κ2) is 5.03. The smallest absolute Gasteiger partial charge is 0.180 e. The van der Waals surface area contributed by atoms with Gasteiger partial charge in [-0.15, -0.1) is 0 Å². The van der Waals surface area contributed by atoms with Crippen LogP contribution in [0.5, 0.6) is 5.75 Å². The lowest BCUT2D eigenvalue weighted by Gasteiger charge is -2.06. The van der Waals surface area contributed by atoms with Crippen molar-refractivity contribution in [2.45, 2.75) is 6.61 Å². The lowest BCUT2D eigenvalue weighted by molar-refractivity contribution is 0.309. The summed E-state index contributed by atoms with van der Waals surface area (Å²) in [6.45, 7) is 0.427. The van der Waals surface area contributed by atoms with E-state index in [1.165, 1.54) is 11.3 Å². The Morgan fingerprint density at radius 3 is 2.94 bits per heavy atom. The number of benzene rings is 1. The Morgan fingerprint density at radius 1 is 1.50 bits per heavy atom. The summed E-state index contributed by atoms with van der Waals surface area (Å²) in [5.74, 6) is 0.650. The quantitative estimate of drug-likeness (QED) is 0.938. The monoisotopic (exact) mass is 318 g/mol. The molecule has 0 amide bonds. The summed E-state index contributed by atoms with van der Waals surface area (Å²) >= 11 is 10.7. The van der Waals surface area contributed by atoms with Crippen LogP contribution in [0.1, 0.15) is 4.88 Å². The maximum atomic E-state index is 6.01. The molecule has 2 rings (SSSR count). The Balaban J connectivity index is 2.04. The number of hydrogen-bond acceptors (Lipinski definition) is 4. The topological polar surface area (TPSA) is 48.1 Å². The number of nitrogens with two attached hydrogens (primary N) is 1. The van der Waals surface area contributed by atoms with E-state index in [-0.39, 0.29) is 0 Å². The number of ether oxygens (including phenoxy) is 1. The third-order valence-corrected chi connectivity index (χ3v) is 3.42. The highest BCUT2D eigenvalue weighted by Crippen LogP contribution is 2.28. The van der Waals surface area contributed by atoms with Crippen molar-refractivity contribution in [3.05, 3.63) is 38.8 Å². The molecule has 0 aliphatic rings. The molecule has 0 aliphatic carbocycles. The van der Waals surface area contributed by atoms with Crippen molar-refractivity contribution in [1.29, 1.82) is 0 Å². The fourth-order valence-corrected chi connectivity index (χ4v) is 2.46. The van der Waals surface area contributed by atoms with Gasteiger partial charge in [0.2, 0.25) is 0 Å². The van der Waals surface area contributed by atoms with Gasteiger partial charge in [0.25, 0.3) is 0 Å². The van der Waals surface area contributed by atoms with Crippen LogP contribution in [0.15, 0.2) is 28.9 Å². The van der Waals surface area contributed by atoms with Gasteiger partial charge in [0.1, 0.15) is 12.4 Å². The number of thiazole rings is 1. The molecule has 0 fully saturated rings. The molecule has 1 heterocycles. The maximum Gasteiger partial charge on any atom is 0.180 e. The minimum atomic E-state index is 0.427. The van der Waals surface area contributed by atoms with Crippen LogP contribution in [0.4, 0.5) is 5.13 Å². The van der Waals surface area contributed by atoms with Crippen molar-refractivity contribution < 1.29 is 4.74 Å². The van der Waals surface area contributed by atoms with E-state index < -0.39 is 0 Å². The van der Waals surface area contributed by atoms with Crippen LogP contribution in [0.3, 0.4) is 0 Å². The van der Waals surface area contributed by atoms with Gasteiger partial charge in [-0.05, 0) is 18.2 Å². The van der Waals surface area contributed by atoms with Crippen molar-refractivity contribution in [2.75, 3.05) is 5.73 Å². The number of halogens is 2.